The average molecular weight is 473 g/mol. The highest BCUT2D eigenvalue weighted by Gasteiger charge is 2.22. The number of hydrogen-bond donors (Lipinski definition) is 1. The lowest BCUT2D eigenvalue weighted by Gasteiger charge is -2.10. The zero-order valence-corrected chi connectivity index (χ0v) is 19.4. The van der Waals surface area contributed by atoms with Crippen LogP contribution in [0.1, 0.15) is 11.4 Å². The second kappa shape index (κ2) is 10.5. The van der Waals surface area contributed by atoms with Crippen LogP contribution < -0.4 is 10.1 Å². The number of para-hydroxylation sites is 2. The third-order valence-electron chi connectivity index (χ3n) is 4.52. The number of nitrogens with one attached hydrogen (secondary N) is 1. The Balaban J connectivity index is 1.72. The van der Waals surface area contributed by atoms with E-state index < -0.39 is 9.84 Å². The Morgan fingerprint density at radius 3 is 2.59 bits per heavy atom. The van der Waals surface area contributed by atoms with Crippen molar-refractivity contribution in [2.24, 2.45) is 0 Å². The molecule has 0 atom stereocenters. The number of carbonyl (C=O) groups is 1. The lowest BCUT2D eigenvalue weighted by atomic mass is 10.2. The molecule has 0 radical (unpaired) electrons. The van der Waals surface area contributed by atoms with Gasteiger partial charge in [-0.15, -0.1) is 16.8 Å². The van der Waals surface area contributed by atoms with Gasteiger partial charge in [0.1, 0.15) is 17.3 Å². The zero-order chi connectivity index (χ0) is 23.1. The highest BCUT2D eigenvalue weighted by molar-refractivity contribution is 7.99. The van der Waals surface area contributed by atoms with Gasteiger partial charge in [0.2, 0.25) is 5.91 Å². The van der Waals surface area contributed by atoms with Crippen molar-refractivity contribution >= 4 is 33.2 Å². The summed E-state index contributed by atoms with van der Waals surface area (Å²) in [5, 5.41) is 11.4. The molecule has 10 heteroatoms. The molecule has 168 valence electrons. The van der Waals surface area contributed by atoms with Crippen molar-refractivity contribution in [3.63, 3.8) is 0 Å². The molecule has 32 heavy (non-hydrogen) atoms. The van der Waals surface area contributed by atoms with Crippen molar-refractivity contribution in [1.82, 2.24) is 14.8 Å². The number of methoxy groups -OCH3 is 1. The van der Waals surface area contributed by atoms with Crippen LogP contribution in [0.3, 0.4) is 0 Å². The van der Waals surface area contributed by atoms with Crippen LogP contribution in [-0.2, 0) is 26.9 Å². The molecular weight excluding hydrogens is 448 g/mol. The molecule has 3 aromatic rings. The number of benzene rings is 2. The predicted octanol–water partition coefficient (Wildman–Crippen LogP) is 3.49. The molecule has 0 aliphatic heterocycles. The number of anilines is 1. The first-order valence-electron chi connectivity index (χ1n) is 9.72. The van der Waals surface area contributed by atoms with E-state index in [9.17, 15) is 13.2 Å². The second-order valence-electron chi connectivity index (χ2n) is 6.91. The average Bonchev–Trinajstić information content (AvgIpc) is 3.14. The van der Waals surface area contributed by atoms with E-state index in [-0.39, 0.29) is 28.1 Å². The summed E-state index contributed by atoms with van der Waals surface area (Å²) in [6, 6.07) is 13.8. The Hall–Kier alpha value is -3.11. The molecule has 0 aliphatic carbocycles. The van der Waals surface area contributed by atoms with Crippen molar-refractivity contribution in [2.75, 3.05) is 18.2 Å². The largest absolute Gasteiger partial charge is 0.495 e. The molecule has 0 fully saturated rings. The maximum absolute atomic E-state index is 12.8. The molecule has 1 aromatic heterocycles. The van der Waals surface area contributed by atoms with Gasteiger partial charge in [-0.1, -0.05) is 47.7 Å². The molecule has 0 saturated heterocycles. The van der Waals surface area contributed by atoms with E-state index in [0.717, 1.165) is 5.56 Å². The SMILES string of the molecule is C=CCn1c(CS(=O)(=O)c2ccc(C)cc2)nnc1SCC(=O)Nc1ccccc1OC. The Labute approximate surface area is 191 Å². The fraction of sp³-hybridized carbons (Fsp3) is 0.227. The molecule has 0 bridgehead atoms. The lowest BCUT2D eigenvalue weighted by Crippen LogP contribution is -2.15. The molecule has 1 heterocycles. The fourth-order valence-electron chi connectivity index (χ4n) is 2.91. The minimum Gasteiger partial charge on any atom is -0.495 e. The predicted molar refractivity (Wildman–Crippen MR) is 125 cm³/mol. The molecule has 0 saturated carbocycles. The minimum atomic E-state index is -3.60. The number of thioether (sulfide) groups is 1. The summed E-state index contributed by atoms with van der Waals surface area (Å²) >= 11 is 1.17. The third-order valence-corrected chi connectivity index (χ3v) is 7.11. The van der Waals surface area contributed by atoms with Crippen molar-refractivity contribution in [2.45, 2.75) is 29.3 Å². The quantitative estimate of drug-likeness (QED) is 0.356. The molecule has 2 aromatic carbocycles. The standard InChI is InChI=1S/C22H24N4O4S2/c1-4-13-26-20(15-32(28,29)17-11-9-16(2)10-12-17)24-25-22(26)31-14-21(27)23-18-7-5-6-8-19(18)30-3/h4-12H,1,13-15H2,2-3H3,(H,23,27). The molecule has 0 aliphatic rings. The lowest BCUT2D eigenvalue weighted by molar-refractivity contribution is -0.113. The molecular formula is C22H24N4O4S2. The maximum atomic E-state index is 12.8. The van der Waals surface area contributed by atoms with Crippen LogP contribution in [-0.4, -0.2) is 42.0 Å². The molecule has 1 N–H and O–H groups in total. The van der Waals surface area contributed by atoms with E-state index in [1.807, 2.05) is 13.0 Å². The normalized spacial score (nSPS) is 11.2. The highest BCUT2D eigenvalue weighted by atomic mass is 32.2. The maximum Gasteiger partial charge on any atom is 0.234 e. The second-order valence-corrected chi connectivity index (χ2v) is 9.84. The summed E-state index contributed by atoms with van der Waals surface area (Å²) in [5.41, 5.74) is 1.54. The van der Waals surface area contributed by atoms with Crippen molar-refractivity contribution < 1.29 is 17.9 Å². The van der Waals surface area contributed by atoms with Gasteiger partial charge in [-0.25, -0.2) is 8.42 Å². The topological polar surface area (TPSA) is 103 Å². The van der Waals surface area contributed by atoms with Gasteiger partial charge in [-0.05, 0) is 31.2 Å². The Morgan fingerprint density at radius 1 is 1.19 bits per heavy atom. The highest BCUT2D eigenvalue weighted by Crippen LogP contribution is 2.25. The number of allylic oxidation sites excluding steroid dienone is 1. The Kier molecular flexibility index (Phi) is 7.70. The third kappa shape index (κ3) is 5.77. The number of aromatic nitrogens is 3. The van der Waals surface area contributed by atoms with Crippen molar-refractivity contribution in [1.29, 1.82) is 0 Å². The summed E-state index contributed by atoms with van der Waals surface area (Å²) in [6.07, 6.45) is 1.63. The first-order valence-corrected chi connectivity index (χ1v) is 12.4. The van der Waals surface area contributed by atoms with Crippen LogP contribution in [0, 0.1) is 6.92 Å². The van der Waals surface area contributed by atoms with Gasteiger partial charge in [-0.3, -0.25) is 4.79 Å². The van der Waals surface area contributed by atoms with Crippen LogP contribution in [0.15, 0.2) is 71.2 Å². The molecule has 1 amide bonds. The van der Waals surface area contributed by atoms with E-state index in [1.54, 1.807) is 53.1 Å². The van der Waals surface area contributed by atoms with Gasteiger partial charge in [0.05, 0.1) is 23.4 Å². The summed E-state index contributed by atoms with van der Waals surface area (Å²) in [5.74, 6) is 0.368. The first-order chi connectivity index (χ1) is 15.3. The Morgan fingerprint density at radius 2 is 1.91 bits per heavy atom. The fourth-order valence-corrected chi connectivity index (χ4v) is 4.95. The number of hydrogen-bond acceptors (Lipinski definition) is 7. The van der Waals surface area contributed by atoms with Gasteiger partial charge >= 0.3 is 0 Å². The Bertz CT molecular complexity index is 1200. The van der Waals surface area contributed by atoms with Crippen LogP contribution >= 0.6 is 11.8 Å². The van der Waals surface area contributed by atoms with Gasteiger partial charge in [0.25, 0.3) is 0 Å². The van der Waals surface area contributed by atoms with Crippen LogP contribution in [0.25, 0.3) is 0 Å². The number of rotatable bonds is 10. The van der Waals surface area contributed by atoms with Crippen molar-refractivity contribution in [3.05, 3.63) is 72.6 Å². The van der Waals surface area contributed by atoms with Gasteiger partial charge in [0, 0.05) is 6.54 Å². The van der Waals surface area contributed by atoms with Crippen LogP contribution in [0.4, 0.5) is 5.69 Å². The summed E-state index contributed by atoms with van der Waals surface area (Å²) in [6.45, 7) is 5.94. The molecule has 0 spiro atoms. The van der Waals surface area contributed by atoms with E-state index >= 15 is 0 Å². The molecule has 3 rings (SSSR count). The van der Waals surface area contributed by atoms with Gasteiger partial charge in [0.15, 0.2) is 15.0 Å². The van der Waals surface area contributed by atoms with E-state index in [4.69, 9.17) is 4.74 Å². The number of nitrogens with zero attached hydrogens (tertiary/aromatic N) is 3. The smallest absolute Gasteiger partial charge is 0.234 e. The van der Waals surface area contributed by atoms with E-state index in [1.165, 1.54) is 18.9 Å². The number of aryl methyl sites for hydroxylation is 1. The van der Waals surface area contributed by atoms with Crippen LogP contribution in [0.5, 0.6) is 5.75 Å². The van der Waals surface area contributed by atoms with Gasteiger partial charge < -0.3 is 14.6 Å². The molecule has 0 unspecified atom stereocenters. The number of amides is 1. The monoisotopic (exact) mass is 472 g/mol. The van der Waals surface area contributed by atoms with E-state index in [2.05, 4.69) is 22.1 Å². The minimum absolute atomic E-state index is 0.0675. The zero-order valence-electron chi connectivity index (χ0n) is 17.8. The van der Waals surface area contributed by atoms with Crippen molar-refractivity contribution in [3.8, 4) is 5.75 Å². The summed E-state index contributed by atoms with van der Waals surface area (Å²) in [7, 11) is -2.07. The van der Waals surface area contributed by atoms with Crippen LogP contribution in [0.2, 0.25) is 0 Å². The summed E-state index contributed by atoms with van der Waals surface area (Å²) in [4.78, 5) is 12.6. The van der Waals surface area contributed by atoms with Gasteiger partial charge in [-0.2, -0.15) is 0 Å². The number of ether oxygens (including phenoxy) is 1. The summed E-state index contributed by atoms with van der Waals surface area (Å²) < 4.78 is 32.5. The molecule has 8 nitrogen and oxygen atoms in total. The number of carbonyl (C=O) groups excluding carboxylic acids is 1. The first kappa shape index (κ1) is 23.6. The number of sulfone groups is 1. The van der Waals surface area contributed by atoms with E-state index in [0.29, 0.717) is 23.1 Å².